The molecular formula is C11H12N2OS. The summed E-state index contributed by atoms with van der Waals surface area (Å²) in [7, 11) is 0. The fourth-order valence-corrected chi connectivity index (χ4v) is 3.64. The smallest absolute Gasteiger partial charge is 0.259 e. The highest BCUT2D eigenvalue weighted by molar-refractivity contribution is 7.18. The van der Waals surface area contributed by atoms with E-state index < -0.39 is 0 Å². The summed E-state index contributed by atoms with van der Waals surface area (Å²) in [4.78, 5) is 20.9. The molecule has 0 amide bonds. The van der Waals surface area contributed by atoms with E-state index in [-0.39, 0.29) is 5.56 Å². The van der Waals surface area contributed by atoms with Crippen molar-refractivity contribution in [1.29, 1.82) is 0 Å². The van der Waals surface area contributed by atoms with Crippen molar-refractivity contribution >= 4 is 21.6 Å². The lowest BCUT2D eigenvalue weighted by Crippen LogP contribution is -2.12. The first-order chi connectivity index (χ1) is 7.25. The molecule has 1 aliphatic carbocycles. The summed E-state index contributed by atoms with van der Waals surface area (Å²) >= 11 is 1.69. The van der Waals surface area contributed by atoms with Gasteiger partial charge in [0.25, 0.3) is 5.56 Å². The van der Waals surface area contributed by atoms with Crippen molar-refractivity contribution in [2.75, 3.05) is 0 Å². The summed E-state index contributed by atoms with van der Waals surface area (Å²) in [6.07, 6.45) is 4.82. The van der Waals surface area contributed by atoms with Crippen LogP contribution in [0.15, 0.2) is 11.1 Å². The second-order valence-electron chi connectivity index (χ2n) is 4.26. The van der Waals surface area contributed by atoms with Crippen LogP contribution in [-0.4, -0.2) is 9.97 Å². The molecule has 0 aromatic carbocycles. The van der Waals surface area contributed by atoms with Crippen LogP contribution in [0.3, 0.4) is 0 Å². The largest absolute Gasteiger partial charge is 0.313 e. The Morgan fingerprint density at radius 3 is 3.33 bits per heavy atom. The number of aromatic nitrogens is 2. The molecule has 2 aromatic rings. The zero-order chi connectivity index (χ0) is 10.4. The maximum atomic E-state index is 11.7. The van der Waals surface area contributed by atoms with Gasteiger partial charge in [0.15, 0.2) is 0 Å². The Bertz CT molecular complexity index is 569. The lowest BCUT2D eigenvalue weighted by atomic mass is 9.89. The van der Waals surface area contributed by atoms with E-state index >= 15 is 0 Å². The highest BCUT2D eigenvalue weighted by Crippen LogP contribution is 2.35. The van der Waals surface area contributed by atoms with Gasteiger partial charge in [0, 0.05) is 4.88 Å². The quantitative estimate of drug-likeness (QED) is 0.739. The average Bonchev–Trinajstić information content (AvgIpc) is 2.56. The molecule has 0 spiro atoms. The van der Waals surface area contributed by atoms with Crippen LogP contribution in [0.2, 0.25) is 0 Å². The molecule has 0 fully saturated rings. The van der Waals surface area contributed by atoms with E-state index in [1.807, 2.05) is 0 Å². The number of aryl methyl sites for hydroxylation is 1. The van der Waals surface area contributed by atoms with Gasteiger partial charge in [0.1, 0.15) is 4.83 Å². The van der Waals surface area contributed by atoms with E-state index in [4.69, 9.17) is 0 Å². The molecule has 0 saturated carbocycles. The summed E-state index contributed by atoms with van der Waals surface area (Å²) in [5, 5.41) is 0.837. The first-order valence-electron chi connectivity index (χ1n) is 5.23. The average molecular weight is 220 g/mol. The van der Waals surface area contributed by atoms with Gasteiger partial charge in [-0.25, -0.2) is 4.98 Å². The lowest BCUT2D eigenvalue weighted by Gasteiger charge is -2.17. The second kappa shape index (κ2) is 3.17. The number of rotatable bonds is 0. The molecule has 3 rings (SSSR count). The monoisotopic (exact) mass is 220 g/mol. The Labute approximate surface area is 91.2 Å². The molecule has 0 aliphatic heterocycles. The summed E-state index contributed by atoms with van der Waals surface area (Å²) in [6, 6.07) is 0. The maximum absolute atomic E-state index is 11.7. The number of nitrogens with one attached hydrogen (secondary N) is 1. The summed E-state index contributed by atoms with van der Waals surface area (Å²) in [5.74, 6) is 0.740. The summed E-state index contributed by atoms with van der Waals surface area (Å²) in [6.45, 7) is 2.27. The standard InChI is InChI=1S/C11H12N2OS/c1-6-2-3-7-8(4-6)15-11-9(7)10(14)12-5-13-11/h5-6H,2-4H2,1H3,(H,12,13,14)/t6-/m1/s1. The summed E-state index contributed by atoms with van der Waals surface area (Å²) in [5.41, 5.74) is 1.27. The van der Waals surface area contributed by atoms with Gasteiger partial charge in [0.2, 0.25) is 0 Å². The lowest BCUT2D eigenvalue weighted by molar-refractivity contribution is 0.509. The fraction of sp³-hybridized carbons (Fsp3) is 0.455. The van der Waals surface area contributed by atoms with E-state index in [1.54, 1.807) is 11.3 Å². The molecule has 0 saturated heterocycles. The fourth-order valence-electron chi connectivity index (χ4n) is 2.28. The first kappa shape index (κ1) is 9.09. The van der Waals surface area contributed by atoms with Crippen LogP contribution in [0.25, 0.3) is 10.2 Å². The third-order valence-corrected chi connectivity index (χ3v) is 4.26. The molecule has 1 atom stereocenters. The number of hydrogen-bond acceptors (Lipinski definition) is 3. The molecule has 2 aromatic heterocycles. The van der Waals surface area contributed by atoms with Gasteiger partial charge in [0.05, 0.1) is 11.7 Å². The van der Waals surface area contributed by atoms with Gasteiger partial charge >= 0.3 is 0 Å². The molecule has 0 radical (unpaired) electrons. The number of H-pyrrole nitrogens is 1. The minimum Gasteiger partial charge on any atom is -0.313 e. The molecular weight excluding hydrogens is 208 g/mol. The second-order valence-corrected chi connectivity index (χ2v) is 5.35. The molecule has 0 bridgehead atoms. The molecule has 0 unspecified atom stereocenters. The van der Waals surface area contributed by atoms with Crippen molar-refractivity contribution in [3.8, 4) is 0 Å². The van der Waals surface area contributed by atoms with Crippen molar-refractivity contribution in [2.24, 2.45) is 5.92 Å². The SMILES string of the molecule is C[C@@H]1CCc2c(sc3nc[nH]c(=O)c23)C1. The van der Waals surface area contributed by atoms with E-state index in [2.05, 4.69) is 16.9 Å². The number of nitrogens with zero attached hydrogens (tertiary/aromatic N) is 1. The van der Waals surface area contributed by atoms with Gasteiger partial charge < -0.3 is 4.98 Å². The maximum Gasteiger partial charge on any atom is 0.259 e. The molecule has 15 heavy (non-hydrogen) atoms. The van der Waals surface area contributed by atoms with Crippen LogP contribution in [-0.2, 0) is 12.8 Å². The number of thiophene rings is 1. The van der Waals surface area contributed by atoms with Gasteiger partial charge in [-0.1, -0.05) is 6.92 Å². The Morgan fingerprint density at radius 2 is 2.47 bits per heavy atom. The Hall–Kier alpha value is -1.16. The van der Waals surface area contributed by atoms with E-state index in [0.717, 1.165) is 29.0 Å². The van der Waals surface area contributed by atoms with Crippen LogP contribution in [0, 0.1) is 5.92 Å². The minimum atomic E-state index is 0.0204. The predicted octanol–water partition coefficient (Wildman–Crippen LogP) is 2.11. The van der Waals surface area contributed by atoms with Gasteiger partial charge in [-0.2, -0.15) is 0 Å². The van der Waals surface area contributed by atoms with Gasteiger partial charge in [-0.3, -0.25) is 4.79 Å². The molecule has 1 N–H and O–H groups in total. The molecule has 3 nitrogen and oxygen atoms in total. The highest BCUT2D eigenvalue weighted by Gasteiger charge is 2.21. The number of fused-ring (bicyclic) bond motifs is 3. The molecule has 1 aliphatic rings. The topological polar surface area (TPSA) is 45.8 Å². The Morgan fingerprint density at radius 1 is 1.60 bits per heavy atom. The normalized spacial score (nSPS) is 20.5. The Balaban J connectivity index is 2.34. The van der Waals surface area contributed by atoms with Crippen molar-refractivity contribution in [3.05, 3.63) is 27.1 Å². The van der Waals surface area contributed by atoms with Gasteiger partial charge in [-0.05, 0) is 30.7 Å². The van der Waals surface area contributed by atoms with Crippen molar-refractivity contribution in [3.63, 3.8) is 0 Å². The zero-order valence-corrected chi connectivity index (χ0v) is 9.36. The Kier molecular flexibility index (Phi) is 1.92. The minimum absolute atomic E-state index is 0.0204. The van der Waals surface area contributed by atoms with Crippen LogP contribution in [0.5, 0.6) is 0 Å². The number of aromatic amines is 1. The molecule has 2 heterocycles. The van der Waals surface area contributed by atoms with Gasteiger partial charge in [-0.15, -0.1) is 11.3 Å². The van der Waals surface area contributed by atoms with Crippen LogP contribution < -0.4 is 5.56 Å². The van der Waals surface area contributed by atoms with Crippen molar-refractivity contribution in [2.45, 2.75) is 26.2 Å². The van der Waals surface area contributed by atoms with Crippen LogP contribution in [0.1, 0.15) is 23.8 Å². The summed E-state index contributed by atoms with van der Waals surface area (Å²) < 4.78 is 0. The zero-order valence-electron chi connectivity index (χ0n) is 8.54. The third-order valence-electron chi connectivity index (χ3n) is 3.10. The predicted molar refractivity (Wildman–Crippen MR) is 61.4 cm³/mol. The van der Waals surface area contributed by atoms with Crippen molar-refractivity contribution < 1.29 is 0 Å². The van der Waals surface area contributed by atoms with E-state index in [9.17, 15) is 4.79 Å². The number of hydrogen-bond donors (Lipinski definition) is 1. The molecule has 78 valence electrons. The first-order valence-corrected chi connectivity index (χ1v) is 6.05. The van der Waals surface area contributed by atoms with E-state index in [1.165, 1.54) is 23.2 Å². The van der Waals surface area contributed by atoms with Crippen molar-refractivity contribution in [1.82, 2.24) is 9.97 Å². The highest BCUT2D eigenvalue weighted by atomic mass is 32.1. The molecule has 4 heteroatoms. The van der Waals surface area contributed by atoms with Crippen LogP contribution >= 0.6 is 11.3 Å². The van der Waals surface area contributed by atoms with E-state index in [0.29, 0.717) is 0 Å². The van der Waals surface area contributed by atoms with Crippen LogP contribution in [0.4, 0.5) is 0 Å². The third kappa shape index (κ3) is 1.32.